The van der Waals surface area contributed by atoms with Crippen molar-refractivity contribution < 1.29 is 14.7 Å². The van der Waals surface area contributed by atoms with Crippen molar-refractivity contribution in [3.8, 4) is 6.07 Å². The fourth-order valence-electron chi connectivity index (χ4n) is 5.46. The quantitative estimate of drug-likeness (QED) is 0.799. The first-order chi connectivity index (χ1) is 14.4. The number of carbonyl (C=O) groups excluding carboxylic acids is 2. The summed E-state index contributed by atoms with van der Waals surface area (Å²) < 4.78 is 0. The fourth-order valence-corrected chi connectivity index (χ4v) is 5.46. The number of rotatable bonds is 3. The van der Waals surface area contributed by atoms with Gasteiger partial charge in [-0.1, -0.05) is 0 Å². The van der Waals surface area contributed by atoms with Crippen LogP contribution in [0.1, 0.15) is 57.4 Å². The van der Waals surface area contributed by atoms with Gasteiger partial charge in [0.25, 0.3) is 0 Å². The van der Waals surface area contributed by atoms with Crippen LogP contribution in [-0.4, -0.2) is 53.6 Å². The number of likely N-dealkylation sites (tertiary alicyclic amines) is 1. The number of nitriles is 1. The van der Waals surface area contributed by atoms with Gasteiger partial charge in [0.15, 0.2) is 0 Å². The SMILES string of the molecule is CC(=O)Nc1ccc(N2CCC[C@@]3(CCN(C4CCC(O)CC4)C3=O)C2)c(C#N)c1. The van der Waals surface area contributed by atoms with E-state index in [1.807, 2.05) is 12.1 Å². The van der Waals surface area contributed by atoms with Crippen molar-refractivity contribution in [2.75, 3.05) is 29.9 Å². The number of carbonyl (C=O) groups is 2. The molecule has 1 aromatic rings. The maximum Gasteiger partial charge on any atom is 0.230 e. The van der Waals surface area contributed by atoms with Crippen LogP contribution in [0.3, 0.4) is 0 Å². The Morgan fingerprint density at radius 1 is 1.23 bits per heavy atom. The predicted molar refractivity (Wildman–Crippen MR) is 114 cm³/mol. The zero-order chi connectivity index (χ0) is 21.3. The van der Waals surface area contributed by atoms with E-state index in [1.54, 1.807) is 6.07 Å². The molecule has 1 atom stereocenters. The molecule has 160 valence electrons. The van der Waals surface area contributed by atoms with Gasteiger partial charge in [0.1, 0.15) is 6.07 Å². The molecule has 2 saturated heterocycles. The first-order valence-electron chi connectivity index (χ1n) is 11.0. The molecule has 7 nitrogen and oxygen atoms in total. The molecule has 1 aromatic carbocycles. The summed E-state index contributed by atoms with van der Waals surface area (Å²) in [5.74, 6) is 0.0809. The first-order valence-corrected chi connectivity index (χ1v) is 11.0. The maximum absolute atomic E-state index is 13.5. The van der Waals surface area contributed by atoms with Gasteiger partial charge in [-0.05, 0) is 63.1 Å². The average Bonchev–Trinajstić information content (AvgIpc) is 3.03. The van der Waals surface area contributed by atoms with Crippen molar-refractivity contribution >= 4 is 23.2 Å². The van der Waals surface area contributed by atoms with Crippen LogP contribution in [0.25, 0.3) is 0 Å². The zero-order valence-electron chi connectivity index (χ0n) is 17.6. The van der Waals surface area contributed by atoms with E-state index < -0.39 is 0 Å². The first kappa shape index (κ1) is 20.7. The molecule has 3 fully saturated rings. The Hall–Kier alpha value is -2.59. The van der Waals surface area contributed by atoms with Gasteiger partial charge < -0.3 is 20.2 Å². The van der Waals surface area contributed by atoms with Gasteiger partial charge in [0, 0.05) is 38.3 Å². The molecule has 1 aliphatic carbocycles. The lowest BCUT2D eigenvalue weighted by atomic mass is 9.78. The zero-order valence-corrected chi connectivity index (χ0v) is 17.6. The van der Waals surface area contributed by atoms with Crippen LogP contribution in [0.5, 0.6) is 0 Å². The number of amides is 2. The summed E-state index contributed by atoms with van der Waals surface area (Å²) in [5.41, 5.74) is 1.58. The second kappa shape index (κ2) is 8.27. The van der Waals surface area contributed by atoms with Gasteiger partial charge in [0.2, 0.25) is 11.8 Å². The monoisotopic (exact) mass is 410 g/mol. The summed E-state index contributed by atoms with van der Waals surface area (Å²) in [7, 11) is 0. The molecular formula is C23H30N4O3. The normalized spacial score (nSPS) is 29.2. The Kier molecular flexibility index (Phi) is 5.70. The third kappa shape index (κ3) is 3.89. The standard InChI is InChI=1S/C23H30N4O3/c1-16(28)25-18-3-8-21(17(13-18)14-24)26-11-2-9-23(15-26)10-12-27(22(23)30)19-4-6-20(29)7-5-19/h3,8,13,19-20,29H,2,4-7,9-12,15H2,1H3,(H,25,28)/t19?,20?,23-/m1/s1. The van der Waals surface area contributed by atoms with Gasteiger partial charge in [-0.3, -0.25) is 9.59 Å². The van der Waals surface area contributed by atoms with E-state index in [4.69, 9.17) is 0 Å². The van der Waals surface area contributed by atoms with Crippen LogP contribution in [0.15, 0.2) is 18.2 Å². The smallest absolute Gasteiger partial charge is 0.230 e. The lowest BCUT2D eigenvalue weighted by Crippen LogP contribution is -2.50. The number of piperidine rings is 1. The van der Waals surface area contributed by atoms with E-state index in [2.05, 4.69) is 21.2 Å². The Labute approximate surface area is 177 Å². The number of aliphatic hydroxyl groups excluding tert-OH is 1. The minimum Gasteiger partial charge on any atom is -0.393 e. The summed E-state index contributed by atoms with van der Waals surface area (Å²) in [6.07, 6.45) is 5.77. The molecule has 2 heterocycles. The molecule has 3 aliphatic rings. The molecule has 4 rings (SSSR count). The molecule has 2 N–H and O–H groups in total. The predicted octanol–water partition coefficient (Wildman–Crippen LogP) is 2.64. The number of hydrogen-bond donors (Lipinski definition) is 2. The van der Waals surface area contributed by atoms with E-state index in [1.165, 1.54) is 6.92 Å². The molecule has 7 heteroatoms. The highest BCUT2D eigenvalue weighted by atomic mass is 16.3. The summed E-state index contributed by atoms with van der Waals surface area (Å²) in [4.78, 5) is 29.1. The van der Waals surface area contributed by atoms with Crippen LogP contribution in [0.4, 0.5) is 11.4 Å². The van der Waals surface area contributed by atoms with E-state index in [-0.39, 0.29) is 29.4 Å². The van der Waals surface area contributed by atoms with Crippen LogP contribution in [0, 0.1) is 16.7 Å². The molecule has 30 heavy (non-hydrogen) atoms. The summed E-state index contributed by atoms with van der Waals surface area (Å²) in [6.45, 7) is 3.68. The van der Waals surface area contributed by atoms with Crippen molar-refractivity contribution in [3.63, 3.8) is 0 Å². The van der Waals surface area contributed by atoms with E-state index in [9.17, 15) is 20.0 Å². The van der Waals surface area contributed by atoms with Crippen molar-refractivity contribution in [3.05, 3.63) is 23.8 Å². The van der Waals surface area contributed by atoms with Gasteiger partial charge in [-0.2, -0.15) is 5.26 Å². The average molecular weight is 411 g/mol. The number of hydrogen-bond acceptors (Lipinski definition) is 5. The molecule has 2 amide bonds. The molecule has 2 aliphatic heterocycles. The summed E-state index contributed by atoms with van der Waals surface area (Å²) >= 11 is 0. The third-order valence-electron chi connectivity index (χ3n) is 7.01. The second-order valence-electron chi connectivity index (χ2n) is 9.04. The molecule has 0 unspecified atom stereocenters. The molecule has 1 spiro atoms. The van der Waals surface area contributed by atoms with Crippen molar-refractivity contribution in [1.29, 1.82) is 5.26 Å². The Balaban J connectivity index is 1.52. The van der Waals surface area contributed by atoms with Crippen molar-refractivity contribution in [2.24, 2.45) is 5.41 Å². The van der Waals surface area contributed by atoms with E-state index in [0.717, 1.165) is 63.7 Å². The highest BCUT2D eigenvalue weighted by Gasteiger charge is 2.50. The van der Waals surface area contributed by atoms with Gasteiger partial charge >= 0.3 is 0 Å². The number of anilines is 2. The number of nitrogens with one attached hydrogen (secondary N) is 1. The summed E-state index contributed by atoms with van der Waals surface area (Å²) in [6, 6.07) is 7.90. The van der Waals surface area contributed by atoms with E-state index >= 15 is 0 Å². The van der Waals surface area contributed by atoms with Gasteiger partial charge in [-0.15, -0.1) is 0 Å². The topological polar surface area (TPSA) is 96.7 Å². The highest BCUT2D eigenvalue weighted by Crippen LogP contribution is 2.44. The Morgan fingerprint density at radius 3 is 2.70 bits per heavy atom. The second-order valence-corrected chi connectivity index (χ2v) is 9.04. The number of benzene rings is 1. The molecule has 0 radical (unpaired) electrons. The number of aliphatic hydroxyl groups is 1. The van der Waals surface area contributed by atoms with Crippen LogP contribution >= 0.6 is 0 Å². The summed E-state index contributed by atoms with van der Waals surface area (Å²) in [5, 5.41) is 22.2. The van der Waals surface area contributed by atoms with Crippen LogP contribution in [0.2, 0.25) is 0 Å². The minimum atomic E-state index is -0.378. The largest absolute Gasteiger partial charge is 0.393 e. The lowest BCUT2D eigenvalue weighted by molar-refractivity contribution is -0.139. The lowest BCUT2D eigenvalue weighted by Gasteiger charge is -2.41. The third-order valence-corrected chi connectivity index (χ3v) is 7.01. The highest BCUT2D eigenvalue weighted by molar-refractivity contribution is 5.89. The van der Waals surface area contributed by atoms with Crippen molar-refractivity contribution in [1.82, 2.24) is 4.90 Å². The Bertz CT molecular complexity index is 872. The molecule has 0 bridgehead atoms. The number of nitrogens with zero attached hydrogens (tertiary/aromatic N) is 3. The molecule has 1 saturated carbocycles. The van der Waals surface area contributed by atoms with Gasteiger partial charge in [0.05, 0.1) is 22.8 Å². The maximum atomic E-state index is 13.5. The van der Waals surface area contributed by atoms with Crippen molar-refractivity contribution in [2.45, 2.75) is 64.0 Å². The molecular weight excluding hydrogens is 380 g/mol. The Morgan fingerprint density at radius 2 is 2.00 bits per heavy atom. The van der Waals surface area contributed by atoms with Crippen LogP contribution in [-0.2, 0) is 9.59 Å². The van der Waals surface area contributed by atoms with E-state index in [0.29, 0.717) is 17.8 Å². The van der Waals surface area contributed by atoms with Crippen LogP contribution < -0.4 is 10.2 Å². The minimum absolute atomic E-state index is 0.171. The molecule has 0 aromatic heterocycles. The van der Waals surface area contributed by atoms with Gasteiger partial charge in [-0.25, -0.2) is 0 Å². The fraction of sp³-hybridized carbons (Fsp3) is 0.609.